The molecule has 4 aromatic rings. The van der Waals surface area contributed by atoms with Gasteiger partial charge < -0.3 is 0 Å². The van der Waals surface area contributed by atoms with Crippen LogP contribution in [0.5, 0.6) is 0 Å². The van der Waals surface area contributed by atoms with Crippen molar-refractivity contribution in [2.24, 2.45) is 0 Å². The van der Waals surface area contributed by atoms with Crippen LogP contribution in [0.1, 0.15) is 141 Å². The van der Waals surface area contributed by atoms with E-state index in [0.29, 0.717) is 35.5 Å². The molecule has 36 heavy (non-hydrogen) atoms. The van der Waals surface area contributed by atoms with Gasteiger partial charge in [0.25, 0.3) is 0 Å². The Morgan fingerprint density at radius 2 is 0.444 bits per heavy atom. The van der Waals surface area contributed by atoms with Crippen molar-refractivity contribution in [3.05, 3.63) is 140 Å². The van der Waals surface area contributed by atoms with E-state index in [0.717, 1.165) is 0 Å². The highest BCUT2D eigenvalue weighted by Gasteiger charge is 2.52. The summed E-state index contributed by atoms with van der Waals surface area (Å²) in [6, 6.07) is 28.6. The van der Waals surface area contributed by atoms with E-state index in [2.05, 4.69) is 72.8 Å². The summed E-state index contributed by atoms with van der Waals surface area (Å²) in [5.74, 6) is 3.60. The highest BCUT2D eigenvalue weighted by atomic mass is 14.6. The van der Waals surface area contributed by atoms with Gasteiger partial charge in [0, 0.05) is 35.5 Å². The summed E-state index contributed by atoms with van der Waals surface area (Å²) in [5, 5.41) is 0. The smallest absolute Gasteiger partial charge is 0.00987 e. The van der Waals surface area contributed by atoms with Crippen molar-refractivity contribution in [2.45, 2.75) is 74.0 Å². The molecule has 13 rings (SSSR count). The van der Waals surface area contributed by atoms with Gasteiger partial charge >= 0.3 is 0 Å². The molecule has 0 radical (unpaired) electrons. The van der Waals surface area contributed by atoms with Crippen molar-refractivity contribution < 1.29 is 0 Å². The monoisotopic (exact) mass is 462 g/mol. The van der Waals surface area contributed by atoms with Gasteiger partial charge in [0.1, 0.15) is 0 Å². The zero-order chi connectivity index (χ0) is 23.1. The maximum Gasteiger partial charge on any atom is 0.00987 e. The lowest BCUT2D eigenvalue weighted by Crippen LogP contribution is -2.38. The van der Waals surface area contributed by atoms with Crippen LogP contribution in [-0.4, -0.2) is 0 Å². The van der Waals surface area contributed by atoms with Gasteiger partial charge in [-0.3, -0.25) is 0 Å². The number of rotatable bonds is 0. The summed E-state index contributed by atoms with van der Waals surface area (Å²) in [7, 11) is 0. The van der Waals surface area contributed by atoms with Crippen molar-refractivity contribution in [1.82, 2.24) is 0 Å². The first-order valence-electron chi connectivity index (χ1n) is 14.4. The fraction of sp³-hybridized carbons (Fsp3) is 0.333. The molecule has 6 atom stereocenters. The van der Waals surface area contributed by atoms with E-state index in [1.165, 1.54) is 38.5 Å². The van der Waals surface area contributed by atoms with Gasteiger partial charge in [0.2, 0.25) is 0 Å². The zero-order valence-electron chi connectivity index (χ0n) is 20.6. The van der Waals surface area contributed by atoms with E-state index < -0.39 is 0 Å². The average molecular weight is 463 g/mol. The molecule has 4 aromatic carbocycles. The number of hydrogen-bond acceptors (Lipinski definition) is 0. The van der Waals surface area contributed by atoms with Crippen molar-refractivity contribution in [3.63, 3.8) is 0 Å². The van der Waals surface area contributed by atoms with E-state index in [9.17, 15) is 0 Å². The Hall–Kier alpha value is -3.12. The van der Waals surface area contributed by atoms with Gasteiger partial charge in [-0.2, -0.15) is 0 Å². The lowest BCUT2D eigenvalue weighted by molar-refractivity contribution is 0.443. The Morgan fingerprint density at radius 3 is 0.611 bits per heavy atom. The largest absolute Gasteiger partial charge is 0.0620 e. The summed E-state index contributed by atoms with van der Waals surface area (Å²) < 4.78 is 0. The molecule has 0 fully saturated rings. The highest BCUT2D eigenvalue weighted by molar-refractivity contribution is 5.74. The Labute approximate surface area is 213 Å². The summed E-state index contributed by atoms with van der Waals surface area (Å²) in [4.78, 5) is 0. The van der Waals surface area contributed by atoms with Crippen LogP contribution in [0.3, 0.4) is 0 Å². The summed E-state index contributed by atoms with van der Waals surface area (Å²) in [6.07, 6.45) is 8.02. The third kappa shape index (κ3) is 2.02. The number of benzene rings is 4. The van der Waals surface area contributed by atoms with Gasteiger partial charge in [-0.15, -0.1) is 0 Å². The first kappa shape index (κ1) is 19.1. The second-order valence-electron chi connectivity index (χ2n) is 12.4. The van der Waals surface area contributed by atoms with Gasteiger partial charge in [0.15, 0.2) is 0 Å². The van der Waals surface area contributed by atoms with Gasteiger partial charge in [-0.05, 0) is 105 Å². The molecule has 0 unspecified atom stereocenters. The summed E-state index contributed by atoms with van der Waals surface area (Å²) >= 11 is 0. The van der Waals surface area contributed by atoms with E-state index in [1.807, 2.05) is 33.4 Å². The van der Waals surface area contributed by atoms with Crippen LogP contribution < -0.4 is 0 Å². The fourth-order valence-electron chi connectivity index (χ4n) is 10.3. The van der Waals surface area contributed by atoms with Crippen LogP contribution in [0.2, 0.25) is 0 Å². The molecule has 0 aromatic heterocycles. The fourth-order valence-corrected chi connectivity index (χ4v) is 10.3. The lowest BCUT2D eigenvalue weighted by Gasteiger charge is -2.54. The second kappa shape index (κ2) is 6.41. The van der Waals surface area contributed by atoms with Gasteiger partial charge in [-0.25, -0.2) is 0 Å². The molecule has 0 aliphatic heterocycles. The Balaban J connectivity index is 1.37. The number of fused-ring (bicyclic) bond motifs is 3. The van der Waals surface area contributed by atoms with Gasteiger partial charge in [-0.1, -0.05) is 72.8 Å². The quantitative estimate of drug-likeness (QED) is 0.245. The Kier molecular flexibility index (Phi) is 3.39. The third-order valence-electron chi connectivity index (χ3n) is 11.3. The maximum absolute atomic E-state index is 2.47. The molecule has 0 saturated carbocycles. The predicted octanol–water partition coefficient (Wildman–Crippen LogP) is 8.80. The van der Waals surface area contributed by atoms with E-state index in [1.54, 1.807) is 33.4 Å². The molecule has 0 heterocycles. The standard InChI is InChI=1S/C36H30/c1-2-8-20-19(7-1)25-13-14-26(20)32-31(25)33-27-15-16-29(22-10-4-3-9-21(22)27)35(33)36-30-18-17-28(34(32)36)23-11-5-6-12-24(23)30/h1-12,25-30H,13-18H2/t25-,26+,27-,28-,29+,30+. The van der Waals surface area contributed by atoms with Crippen molar-refractivity contribution in [2.75, 3.05) is 0 Å². The Bertz CT molecular complexity index is 1300. The SMILES string of the molecule is c1ccc2c(c1)[C@H]1CC[C@@H]2c2c1c1c(c3c2[C@@H]2CC[C@H]3c3ccccc32)[C@H]2CC[C@@H]1c1ccccc12. The van der Waals surface area contributed by atoms with Crippen molar-refractivity contribution in [1.29, 1.82) is 0 Å². The molecule has 0 heteroatoms. The lowest BCUT2D eigenvalue weighted by atomic mass is 9.50. The molecule has 9 aliphatic carbocycles. The van der Waals surface area contributed by atoms with Crippen molar-refractivity contribution in [3.8, 4) is 0 Å². The minimum absolute atomic E-state index is 0.599. The zero-order valence-corrected chi connectivity index (χ0v) is 20.6. The van der Waals surface area contributed by atoms with Crippen LogP contribution in [0.15, 0.2) is 72.8 Å². The molecule has 0 spiro atoms. The average Bonchev–Trinajstić information content (AvgIpc) is 2.97. The molecular weight excluding hydrogens is 432 g/mol. The topological polar surface area (TPSA) is 0 Å². The van der Waals surface area contributed by atoms with Crippen molar-refractivity contribution >= 4 is 0 Å². The van der Waals surface area contributed by atoms with E-state index in [-0.39, 0.29) is 0 Å². The van der Waals surface area contributed by atoms with Crippen LogP contribution in [0, 0.1) is 0 Å². The van der Waals surface area contributed by atoms with Crippen LogP contribution in [0.4, 0.5) is 0 Å². The normalized spacial score (nSPS) is 30.7. The Morgan fingerprint density at radius 1 is 0.278 bits per heavy atom. The highest BCUT2D eigenvalue weighted by Crippen LogP contribution is 2.67. The minimum atomic E-state index is 0.599. The first-order valence-corrected chi connectivity index (χ1v) is 14.4. The second-order valence-corrected chi connectivity index (χ2v) is 12.4. The summed E-state index contributed by atoms with van der Waals surface area (Å²) in [5.41, 5.74) is 20.8. The minimum Gasteiger partial charge on any atom is -0.0620 e. The van der Waals surface area contributed by atoms with E-state index in [4.69, 9.17) is 0 Å². The summed E-state index contributed by atoms with van der Waals surface area (Å²) in [6.45, 7) is 0. The molecule has 0 amide bonds. The van der Waals surface area contributed by atoms with Crippen LogP contribution >= 0.6 is 0 Å². The molecule has 6 bridgehead atoms. The molecule has 9 aliphatic rings. The predicted molar refractivity (Wildman–Crippen MR) is 145 cm³/mol. The molecule has 174 valence electrons. The van der Waals surface area contributed by atoms with Gasteiger partial charge in [0.05, 0.1) is 0 Å². The molecule has 0 saturated heterocycles. The molecule has 0 nitrogen and oxygen atoms in total. The van der Waals surface area contributed by atoms with Crippen LogP contribution in [0.25, 0.3) is 0 Å². The van der Waals surface area contributed by atoms with E-state index >= 15 is 0 Å². The first-order chi connectivity index (χ1) is 17.9. The van der Waals surface area contributed by atoms with Crippen LogP contribution in [-0.2, 0) is 0 Å². The molecular formula is C36H30. The third-order valence-corrected chi connectivity index (χ3v) is 11.3. The maximum atomic E-state index is 2.47. The molecule has 0 N–H and O–H groups in total. The number of hydrogen-bond donors (Lipinski definition) is 0.